The number of esters is 1. The summed E-state index contributed by atoms with van der Waals surface area (Å²) >= 11 is 4.54. The van der Waals surface area contributed by atoms with Gasteiger partial charge in [-0.05, 0) is 28.9 Å². The Balaban J connectivity index is 1.61. The molecule has 3 rings (SSSR count). The van der Waals surface area contributed by atoms with Gasteiger partial charge in [-0.15, -0.1) is 11.3 Å². The summed E-state index contributed by atoms with van der Waals surface area (Å²) in [4.78, 5) is 32.6. The van der Waals surface area contributed by atoms with Crippen LogP contribution in [0.5, 0.6) is 0 Å². The Morgan fingerprint density at radius 3 is 2.73 bits per heavy atom. The molecule has 0 aliphatic rings. The number of benzene rings is 1. The van der Waals surface area contributed by atoms with E-state index in [0.29, 0.717) is 9.60 Å². The maximum absolute atomic E-state index is 12.2. The van der Waals surface area contributed by atoms with Gasteiger partial charge >= 0.3 is 5.97 Å². The van der Waals surface area contributed by atoms with E-state index in [2.05, 4.69) is 31.2 Å². The van der Waals surface area contributed by atoms with Gasteiger partial charge < -0.3 is 4.74 Å². The van der Waals surface area contributed by atoms with E-state index in [1.165, 1.54) is 24.5 Å². The van der Waals surface area contributed by atoms with Gasteiger partial charge in [-0.2, -0.15) is 0 Å². The molecule has 1 atom stereocenters. The summed E-state index contributed by atoms with van der Waals surface area (Å²) in [6.45, 7) is 1.50. The van der Waals surface area contributed by atoms with Gasteiger partial charge in [0.05, 0.1) is 11.3 Å². The number of halogens is 1. The molecule has 0 fully saturated rings. The van der Waals surface area contributed by atoms with Crippen LogP contribution in [0.15, 0.2) is 58.6 Å². The van der Waals surface area contributed by atoms with Crippen molar-refractivity contribution in [3.8, 4) is 11.3 Å². The zero-order valence-electron chi connectivity index (χ0n) is 13.7. The monoisotopic (exact) mass is 431 g/mol. The number of amides is 1. The Hall–Kier alpha value is -2.58. The number of rotatable bonds is 5. The van der Waals surface area contributed by atoms with E-state index in [-0.39, 0.29) is 5.56 Å². The van der Waals surface area contributed by atoms with Crippen LogP contribution in [0.25, 0.3) is 11.3 Å². The Morgan fingerprint density at radius 2 is 2.00 bits per heavy atom. The van der Waals surface area contributed by atoms with Crippen LogP contribution in [0.1, 0.15) is 17.3 Å². The van der Waals surface area contributed by atoms with Crippen molar-refractivity contribution in [1.29, 1.82) is 0 Å². The molecule has 1 amide bonds. The van der Waals surface area contributed by atoms with Gasteiger partial charge in [0.15, 0.2) is 11.2 Å². The average Bonchev–Trinajstić information content (AvgIpc) is 3.11. The molecule has 1 unspecified atom stereocenters. The van der Waals surface area contributed by atoms with Crippen LogP contribution in [0, 0.1) is 0 Å². The summed E-state index contributed by atoms with van der Waals surface area (Å²) in [6, 6.07) is 11.2. The second kappa shape index (κ2) is 8.20. The van der Waals surface area contributed by atoms with Gasteiger partial charge in [-0.1, -0.05) is 30.3 Å². The van der Waals surface area contributed by atoms with Gasteiger partial charge in [0, 0.05) is 27.8 Å². The van der Waals surface area contributed by atoms with E-state index >= 15 is 0 Å². The van der Waals surface area contributed by atoms with Crippen LogP contribution in [-0.2, 0) is 9.53 Å². The number of ether oxygens (including phenoxy) is 1. The molecule has 3 aromatic rings. The van der Waals surface area contributed by atoms with E-state index in [1.807, 2.05) is 35.7 Å². The lowest BCUT2D eigenvalue weighted by atomic mass is 10.2. The van der Waals surface area contributed by atoms with Crippen molar-refractivity contribution in [2.24, 2.45) is 0 Å². The molecule has 0 radical (unpaired) electrons. The Bertz CT molecular complexity index is 930. The molecule has 1 aromatic carbocycles. The highest BCUT2D eigenvalue weighted by atomic mass is 79.9. The minimum absolute atomic E-state index is 0.264. The molecule has 0 aliphatic heterocycles. The number of carbonyl (C=O) groups excluding carboxylic acids is 2. The average molecular weight is 432 g/mol. The SMILES string of the molecule is CC(OC(=O)c1cncc(Br)c1)C(=O)Nc1nc(-c2ccccc2)cs1. The van der Waals surface area contributed by atoms with Crippen LogP contribution in [0.2, 0.25) is 0 Å². The predicted octanol–water partition coefficient (Wildman–Crippen LogP) is 4.15. The number of carbonyl (C=O) groups is 2. The summed E-state index contributed by atoms with van der Waals surface area (Å²) < 4.78 is 5.83. The molecular weight excluding hydrogens is 418 g/mol. The first-order chi connectivity index (χ1) is 12.5. The first kappa shape index (κ1) is 18.2. The zero-order valence-corrected chi connectivity index (χ0v) is 16.1. The number of hydrogen-bond donors (Lipinski definition) is 1. The van der Waals surface area contributed by atoms with Crippen LogP contribution in [-0.4, -0.2) is 27.9 Å². The van der Waals surface area contributed by atoms with Gasteiger partial charge in [-0.3, -0.25) is 15.1 Å². The lowest BCUT2D eigenvalue weighted by Crippen LogP contribution is -2.30. The van der Waals surface area contributed by atoms with Crippen molar-refractivity contribution in [2.45, 2.75) is 13.0 Å². The lowest BCUT2D eigenvalue weighted by molar-refractivity contribution is -0.123. The normalized spacial score (nSPS) is 11.6. The highest BCUT2D eigenvalue weighted by Gasteiger charge is 2.20. The summed E-state index contributed by atoms with van der Waals surface area (Å²) in [5.74, 6) is -1.07. The highest BCUT2D eigenvalue weighted by Crippen LogP contribution is 2.24. The second-order valence-electron chi connectivity index (χ2n) is 5.33. The van der Waals surface area contributed by atoms with Crippen LogP contribution in [0.4, 0.5) is 5.13 Å². The first-order valence-corrected chi connectivity index (χ1v) is 9.33. The maximum atomic E-state index is 12.2. The van der Waals surface area contributed by atoms with E-state index < -0.39 is 18.0 Å². The molecule has 0 aliphatic carbocycles. The Labute approximate surface area is 162 Å². The van der Waals surface area contributed by atoms with Crippen LogP contribution >= 0.6 is 27.3 Å². The topological polar surface area (TPSA) is 81.2 Å². The van der Waals surface area contributed by atoms with Crippen LogP contribution < -0.4 is 5.32 Å². The number of nitrogens with zero attached hydrogens (tertiary/aromatic N) is 2. The minimum atomic E-state index is -0.967. The van der Waals surface area contributed by atoms with Gasteiger partial charge in [0.1, 0.15) is 0 Å². The highest BCUT2D eigenvalue weighted by molar-refractivity contribution is 9.10. The van der Waals surface area contributed by atoms with Crippen molar-refractivity contribution in [2.75, 3.05) is 5.32 Å². The molecule has 6 nitrogen and oxygen atoms in total. The minimum Gasteiger partial charge on any atom is -0.449 e. The van der Waals surface area contributed by atoms with E-state index in [4.69, 9.17) is 4.74 Å². The fourth-order valence-electron chi connectivity index (χ4n) is 2.09. The third-order valence-corrected chi connectivity index (χ3v) is 4.59. The molecule has 0 bridgehead atoms. The van der Waals surface area contributed by atoms with Gasteiger partial charge in [-0.25, -0.2) is 9.78 Å². The van der Waals surface area contributed by atoms with Crippen LogP contribution in [0.3, 0.4) is 0 Å². The summed E-state index contributed by atoms with van der Waals surface area (Å²) in [6.07, 6.45) is 1.97. The molecule has 1 N–H and O–H groups in total. The third kappa shape index (κ3) is 4.53. The molecule has 2 aromatic heterocycles. The first-order valence-electron chi connectivity index (χ1n) is 7.66. The maximum Gasteiger partial charge on any atom is 0.340 e. The van der Waals surface area contributed by atoms with Crippen molar-refractivity contribution >= 4 is 44.3 Å². The van der Waals surface area contributed by atoms with Crippen molar-refractivity contribution < 1.29 is 14.3 Å². The molecular formula is C18H14BrN3O3S. The Kier molecular flexibility index (Phi) is 5.75. The molecule has 0 saturated carbocycles. The number of anilines is 1. The second-order valence-corrected chi connectivity index (χ2v) is 7.11. The quantitative estimate of drug-likeness (QED) is 0.613. The van der Waals surface area contributed by atoms with E-state index in [0.717, 1.165) is 11.3 Å². The third-order valence-electron chi connectivity index (χ3n) is 3.40. The standard InChI is InChI=1S/C18H14BrN3O3S/c1-11(25-17(24)13-7-14(19)9-20-8-13)16(23)22-18-21-15(10-26-18)12-5-3-2-4-6-12/h2-11H,1H3,(H,21,22,23). The smallest absolute Gasteiger partial charge is 0.340 e. The predicted molar refractivity (Wildman–Crippen MR) is 103 cm³/mol. The molecule has 26 heavy (non-hydrogen) atoms. The van der Waals surface area contributed by atoms with E-state index in [9.17, 15) is 9.59 Å². The van der Waals surface area contributed by atoms with Crippen molar-refractivity contribution in [3.63, 3.8) is 0 Å². The van der Waals surface area contributed by atoms with Crippen molar-refractivity contribution in [1.82, 2.24) is 9.97 Å². The molecule has 0 saturated heterocycles. The largest absolute Gasteiger partial charge is 0.449 e. The van der Waals surface area contributed by atoms with E-state index in [1.54, 1.807) is 12.3 Å². The number of hydrogen-bond acceptors (Lipinski definition) is 6. The number of thiazole rings is 1. The summed E-state index contributed by atoms with van der Waals surface area (Å²) in [7, 11) is 0. The molecule has 0 spiro atoms. The summed E-state index contributed by atoms with van der Waals surface area (Å²) in [5, 5.41) is 4.97. The number of aromatic nitrogens is 2. The van der Waals surface area contributed by atoms with Crippen molar-refractivity contribution in [3.05, 3.63) is 64.2 Å². The summed E-state index contributed by atoms with van der Waals surface area (Å²) in [5.41, 5.74) is 2.00. The molecule has 8 heteroatoms. The zero-order chi connectivity index (χ0) is 18.5. The molecule has 2 heterocycles. The fraction of sp³-hybridized carbons (Fsp3) is 0.111. The van der Waals surface area contributed by atoms with Gasteiger partial charge in [0.2, 0.25) is 0 Å². The number of pyridine rings is 1. The number of nitrogens with one attached hydrogen (secondary N) is 1. The Morgan fingerprint density at radius 1 is 1.23 bits per heavy atom. The lowest BCUT2D eigenvalue weighted by Gasteiger charge is -2.12. The molecule has 132 valence electrons. The van der Waals surface area contributed by atoms with Gasteiger partial charge in [0.25, 0.3) is 5.91 Å². The fourth-order valence-corrected chi connectivity index (χ4v) is 3.17.